The lowest BCUT2D eigenvalue weighted by Crippen LogP contribution is -2.49. The summed E-state index contributed by atoms with van der Waals surface area (Å²) in [5.74, 6) is 4.16. The first kappa shape index (κ1) is 19.1. The molecule has 0 bridgehead atoms. The lowest BCUT2D eigenvalue weighted by molar-refractivity contribution is -0.130. The van der Waals surface area contributed by atoms with Crippen LogP contribution in [-0.2, 0) is 10.5 Å². The molecule has 1 aromatic carbocycles. The summed E-state index contributed by atoms with van der Waals surface area (Å²) in [4.78, 5) is 17.7. The second-order valence-corrected chi connectivity index (χ2v) is 9.14. The van der Waals surface area contributed by atoms with Gasteiger partial charge in [0.15, 0.2) is 0 Å². The average molecular weight is 379 g/mol. The Labute approximate surface area is 160 Å². The number of carbonyl (C=O) groups is 1. The van der Waals surface area contributed by atoms with E-state index in [4.69, 9.17) is 0 Å². The summed E-state index contributed by atoms with van der Waals surface area (Å²) in [5.41, 5.74) is 1.30. The van der Waals surface area contributed by atoms with E-state index in [1.807, 2.05) is 17.8 Å². The van der Waals surface area contributed by atoms with E-state index in [2.05, 4.69) is 34.1 Å². The quantitative estimate of drug-likeness (QED) is 0.752. The Hall–Kier alpha value is -0.650. The van der Waals surface area contributed by atoms with Crippen LogP contribution in [0, 0.1) is 0 Å². The molecule has 0 aliphatic carbocycles. The third-order valence-electron chi connectivity index (χ3n) is 5.01. The number of thioether (sulfide) groups is 2. The summed E-state index contributed by atoms with van der Waals surface area (Å²) in [6, 6.07) is 10.9. The molecule has 0 N–H and O–H groups in total. The van der Waals surface area contributed by atoms with E-state index < -0.39 is 0 Å². The summed E-state index contributed by atoms with van der Waals surface area (Å²) >= 11 is 3.78. The number of hydrogen-bond donors (Lipinski definition) is 0. The molecule has 2 saturated heterocycles. The normalized spacial score (nSPS) is 22.6. The van der Waals surface area contributed by atoms with Crippen molar-refractivity contribution >= 4 is 29.4 Å². The lowest BCUT2D eigenvalue weighted by Gasteiger charge is -2.35. The zero-order valence-electron chi connectivity index (χ0n) is 15.1. The highest BCUT2D eigenvalue weighted by molar-refractivity contribution is 7.99. The summed E-state index contributed by atoms with van der Waals surface area (Å²) < 4.78 is 0. The molecule has 2 fully saturated rings. The maximum atomic E-state index is 12.9. The predicted octanol–water partition coefficient (Wildman–Crippen LogP) is 3.74. The van der Waals surface area contributed by atoms with Gasteiger partial charge in [0.05, 0.1) is 11.8 Å². The largest absolute Gasteiger partial charge is 0.337 e. The molecular weight excluding hydrogens is 348 g/mol. The van der Waals surface area contributed by atoms with Gasteiger partial charge in [0, 0.05) is 24.6 Å². The van der Waals surface area contributed by atoms with Crippen molar-refractivity contribution in [2.75, 3.05) is 43.4 Å². The van der Waals surface area contributed by atoms with E-state index in [0.717, 1.165) is 31.0 Å². The van der Waals surface area contributed by atoms with Gasteiger partial charge in [-0.3, -0.25) is 4.79 Å². The van der Waals surface area contributed by atoms with Gasteiger partial charge in [0.1, 0.15) is 0 Å². The van der Waals surface area contributed by atoms with Crippen molar-refractivity contribution in [2.24, 2.45) is 0 Å². The number of carbonyl (C=O) groups excluding carboxylic acids is 1. The van der Waals surface area contributed by atoms with Crippen molar-refractivity contribution in [1.82, 2.24) is 9.80 Å². The molecule has 1 amide bonds. The number of benzene rings is 1. The molecular formula is C20H30N2OS2. The van der Waals surface area contributed by atoms with Gasteiger partial charge in [-0.1, -0.05) is 36.8 Å². The van der Waals surface area contributed by atoms with Crippen molar-refractivity contribution in [3.63, 3.8) is 0 Å². The van der Waals surface area contributed by atoms with Crippen molar-refractivity contribution < 1.29 is 4.79 Å². The summed E-state index contributed by atoms with van der Waals surface area (Å²) in [7, 11) is 0. The number of piperidine rings is 1. The second kappa shape index (κ2) is 10.5. The maximum absolute atomic E-state index is 12.9. The van der Waals surface area contributed by atoms with E-state index in [1.165, 1.54) is 43.7 Å². The van der Waals surface area contributed by atoms with Gasteiger partial charge in [-0.15, -0.1) is 11.8 Å². The number of amides is 1. The van der Waals surface area contributed by atoms with E-state index in [9.17, 15) is 4.79 Å². The lowest BCUT2D eigenvalue weighted by atomic mass is 10.1. The van der Waals surface area contributed by atoms with Crippen molar-refractivity contribution in [3.05, 3.63) is 35.9 Å². The van der Waals surface area contributed by atoms with Crippen LogP contribution >= 0.6 is 23.5 Å². The molecule has 0 radical (unpaired) electrons. The molecule has 2 aliphatic rings. The zero-order chi connectivity index (χ0) is 17.3. The fourth-order valence-corrected chi connectivity index (χ4v) is 5.59. The van der Waals surface area contributed by atoms with Gasteiger partial charge in [-0.2, -0.15) is 11.8 Å². The monoisotopic (exact) mass is 378 g/mol. The van der Waals surface area contributed by atoms with Crippen LogP contribution < -0.4 is 0 Å². The minimum Gasteiger partial charge on any atom is -0.337 e. The van der Waals surface area contributed by atoms with Gasteiger partial charge in [0.25, 0.3) is 0 Å². The molecule has 1 aromatic rings. The number of likely N-dealkylation sites (tertiary alicyclic amines) is 1. The highest BCUT2D eigenvalue weighted by atomic mass is 32.2. The van der Waals surface area contributed by atoms with Gasteiger partial charge in [-0.25, -0.2) is 0 Å². The first-order valence-corrected chi connectivity index (χ1v) is 11.8. The zero-order valence-corrected chi connectivity index (χ0v) is 16.7. The van der Waals surface area contributed by atoms with Crippen LogP contribution in [0.3, 0.4) is 0 Å². The smallest absolute Gasteiger partial charge is 0.232 e. The Bertz CT molecular complexity index is 520. The minimum atomic E-state index is 0.338. The Kier molecular flexibility index (Phi) is 8.02. The Balaban J connectivity index is 1.51. The van der Waals surface area contributed by atoms with Gasteiger partial charge < -0.3 is 9.80 Å². The van der Waals surface area contributed by atoms with Crippen molar-refractivity contribution in [1.29, 1.82) is 0 Å². The average Bonchev–Trinajstić information content (AvgIpc) is 2.89. The highest BCUT2D eigenvalue weighted by Crippen LogP contribution is 2.21. The number of rotatable bonds is 6. The Morgan fingerprint density at radius 1 is 1.08 bits per heavy atom. The first-order chi connectivity index (χ1) is 12.3. The topological polar surface area (TPSA) is 23.6 Å². The molecule has 2 heterocycles. The maximum Gasteiger partial charge on any atom is 0.232 e. The number of hydrogen-bond acceptors (Lipinski definition) is 4. The van der Waals surface area contributed by atoms with Crippen LogP contribution in [0.1, 0.15) is 31.2 Å². The molecule has 0 aromatic heterocycles. The predicted molar refractivity (Wildman–Crippen MR) is 110 cm³/mol. The molecule has 1 unspecified atom stereocenters. The van der Waals surface area contributed by atoms with Crippen LogP contribution in [0.5, 0.6) is 0 Å². The first-order valence-electron chi connectivity index (χ1n) is 9.54. The third-order valence-corrected chi connectivity index (χ3v) is 7.20. The molecule has 138 valence electrons. The van der Waals surface area contributed by atoms with Crippen LogP contribution in [0.25, 0.3) is 0 Å². The van der Waals surface area contributed by atoms with Crippen LogP contribution in [0.2, 0.25) is 0 Å². The van der Waals surface area contributed by atoms with E-state index in [0.29, 0.717) is 17.7 Å². The Morgan fingerprint density at radius 2 is 1.88 bits per heavy atom. The molecule has 5 heteroatoms. The van der Waals surface area contributed by atoms with E-state index in [-0.39, 0.29) is 0 Å². The SMILES string of the molecule is O=C(CSCc1ccccc1)N1CCCSCC1CN1CCCCC1. The van der Waals surface area contributed by atoms with Crippen LogP contribution in [-0.4, -0.2) is 65.2 Å². The third kappa shape index (κ3) is 6.22. The second-order valence-electron chi connectivity index (χ2n) is 7.01. The van der Waals surface area contributed by atoms with Crippen LogP contribution in [0.4, 0.5) is 0 Å². The minimum absolute atomic E-state index is 0.338. The molecule has 1 atom stereocenters. The molecule has 25 heavy (non-hydrogen) atoms. The van der Waals surface area contributed by atoms with Crippen molar-refractivity contribution in [3.8, 4) is 0 Å². The fraction of sp³-hybridized carbons (Fsp3) is 0.650. The van der Waals surface area contributed by atoms with Gasteiger partial charge in [0.2, 0.25) is 5.91 Å². The molecule has 2 aliphatic heterocycles. The van der Waals surface area contributed by atoms with Gasteiger partial charge in [-0.05, 0) is 43.7 Å². The standard InChI is InChI=1S/C20H30N2OS2/c23-20(17-25-15-18-8-3-1-4-9-18)22-12-7-13-24-16-19(22)14-21-10-5-2-6-11-21/h1,3-4,8-9,19H,2,5-7,10-17H2. The summed E-state index contributed by atoms with van der Waals surface area (Å²) in [5, 5.41) is 0. The highest BCUT2D eigenvalue weighted by Gasteiger charge is 2.27. The van der Waals surface area contributed by atoms with Crippen LogP contribution in [0.15, 0.2) is 30.3 Å². The summed E-state index contributed by atoms with van der Waals surface area (Å²) in [6.07, 6.45) is 5.15. The van der Waals surface area contributed by atoms with Crippen molar-refractivity contribution in [2.45, 2.75) is 37.5 Å². The molecule has 3 nitrogen and oxygen atoms in total. The summed E-state index contributed by atoms with van der Waals surface area (Å²) in [6.45, 7) is 4.44. The molecule has 3 rings (SSSR count). The van der Waals surface area contributed by atoms with E-state index >= 15 is 0 Å². The number of nitrogens with zero attached hydrogens (tertiary/aromatic N) is 2. The molecule has 0 saturated carbocycles. The molecule has 0 spiro atoms. The van der Waals surface area contributed by atoms with E-state index in [1.54, 1.807) is 11.8 Å². The van der Waals surface area contributed by atoms with Gasteiger partial charge >= 0.3 is 0 Å². The Morgan fingerprint density at radius 3 is 2.68 bits per heavy atom. The fourth-order valence-electron chi connectivity index (χ4n) is 3.66.